The normalized spacial score (nSPS) is 19.4. The molecule has 1 fully saturated rings. The van der Waals surface area contributed by atoms with Crippen LogP contribution in [0, 0.1) is 28.4 Å². The van der Waals surface area contributed by atoms with Gasteiger partial charge in [0, 0.05) is 49.0 Å². The molecule has 3 aromatic rings. The number of amides is 1. The molecule has 0 aromatic heterocycles. The summed E-state index contributed by atoms with van der Waals surface area (Å²) >= 11 is 12.4. The highest BCUT2D eigenvalue weighted by molar-refractivity contribution is 6.31. The topological polar surface area (TPSA) is 164 Å². The lowest BCUT2D eigenvalue weighted by Gasteiger charge is -2.37. The molecule has 0 bridgehead atoms. The lowest BCUT2D eigenvalue weighted by Crippen LogP contribution is -2.44. The molecule has 13 nitrogen and oxygen atoms in total. The number of carbonyl (C=O) groups is 3. The zero-order valence-corrected chi connectivity index (χ0v) is 35.2. The molecule has 1 heterocycles. The molecule has 0 radical (unpaired) electrons. The van der Waals surface area contributed by atoms with Gasteiger partial charge in [0.15, 0.2) is 0 Å². The van der Waals surface area contributed by atoms with E-state index in [0.29, 0.717) is 32.8 Å². The fourth-order valence-electron chi connectivity index (χ4n) is 7.02. The summed E-state index contributed by atoms with van der Waals surface area (Å²) in [5.74, 6) is -4.00. The Morgan fingerprint density at radius 3 is 2.29 bits per heavy atom. The molecule has 3 aromatic carbocycles. The van der Waals surface area contributed by atoms with Crippen LogP contribution in [0.5, 0.6) is 5.75 Å². The van der Waals surface area contributed by atoms with Crippen molar-refractivity contribution in [2.45, 2.75) is 70.2 Å². The maximum absolute atomic E-state index is 16.0. The van der Waals surface area contributed by atoms with Gasteiger partial charge in [0.25, 0.3) is 0 Å². The van der Waals surface area contributed by atoms with E-state index in [1.165, 1.54) is 62.6 Å². The van der Waals surface area contributed by atoms with E-state index in [1.807, 2.05) is 20.8 Å². The van der Waals surface area contributed by atoms with Gasteiger partial charge in [-0.15, -0.1) is 0 Å². The Bertz CT molecular complexity index is 1980. The zero-order chi connectivity index (χ0) is 43.3. The average Bonchev–Trinajstić information content (AvgIpc) is 3.45. The molecule has 17 heteroatoms. The van der Waals surface area contributed by atoms with Gasteiger partial charge in [-0.25, -0.2) is 18.4 Å². The van der Waals surface area contributed by atoms with Gasteiger partial charge in [-0.1, -0.05) is 62.2 Å². The van der Waals surface area contributed by atoms with Crippen molar-refractivity contribution in [3.8, 4) is 11.8 Å². The monoisotopic (exact) mass is 863 g/mol. The quantitative estimate of drug-likeness (QED) is 0.0680. The van der Waals surface area contributed by atoms with Gasteiger partial charge in [-0.2, -0.15) is 5.26 Å². The van der Waals surface area contributed by atoms with Crippen LogP contribution < -0.4 is 15.4 Å². The molecule has 1 saturated heterocycles. The van der Waals surface area contributed by atoms with Crippen LogP contribution >= 0.6 is 23.2 Å². The lowest BCUT2D eigenvalue weighted by atomic mass is 9.62. The van der Waals surface area contributed by atoms with Crippen LogP contribution in [0.4, 0.5) is 19.3 Å². The fraction of sp³-hybridized carbons (Fsp3) is 0.476. The molecule has 4 rings (SSSR count). The number of nitriles is 1. The zero-order valence-electron chi connectivity index (χ0n) is 33.7. The SMILES string of the molecule is COCCOCCOCCOC(=O)OC(C)OC(=O)c1ccc(NC(=O)C[C@@H]2N[C@@H](CC(C)(C)C)[C@](C#N)(c3ccc(Cl)cc3F)[C@H]2c2cccc(Cl)c2F)c(OC)c1. The Hall–Kier alpha value is -4.56. The van der Waals surface area contributed by atoms with Crippen LogP contribution in [0.2, 0.25) is 10.0 Å². The predicted octanol–water partition coefficient (Wildman–Crippen LogP) is 7.97. The van der Waals surface area contributed by atoms with E-state index >= 15 is 8.78 Å². The second-order valence-corrected chi connectivity index (χ2v) is 15.7. The smallest absolute Gasteiger partial charge is 0.495 e. The van der Waals surface area contributed by atoms with Gasteiger partial charge in [-0.3, -0.25) is 4.79 Å². The van der Waals surface area contributed by atoms with E-state index in [0.717, 1.165) is 6.07 Å². The summed E-state index contributed by atoms with van der Waals surface area (Å²) in [6.45, 7) is 8.74. The largest absolute Gasteiger partial charge is 0.511 e. The van der Waals surface area contributed by atoms with E-state index in [2.05, 4.69) is 16.7 Å². The second-order valence-electron chi connectivity index (χ2n) is 14.9. The van der Waals surface area contributed by atoms with Crippen molar-refractivity contribution < 1.29 is 56.3 Å². The summed E-state index contributed by atoms with van der Waals surface area (Å²) in [7, 11) is 2.90. The Morgan fingerprint density at radius 1 is 0.949 bits per heavy atom. The summed E-state index contributed by atoms with van der Waals surface area (Å²) in [5.41, 5.74) is -1.89. The Balaban J connectivity index is 1.48. The third kappa shape index (κ3) is 12.5. The maximum Gasteiger partial charge on any atom is 0.511 e. The minimum atomic E-state index is -1.72. The molecule has 1 amide bonds. The first-order valence-electron chi connectivity index (χ1n) is 18.8. The van der Waals surface area contributed by atoms with E-state index < -0.39 is 64.8 Å². The van der Waals surface area contributed by atoms with Gasteiger partial charge in [0.1, 0.15) is 29.4 Å². The number of halogens is 4. The fourth-order valence-corrected chi connectivity index (χ4v) is 7.36. The molecular weight excluding hydrogens is 815 g/mol. The van der Waals surface area contributed by atoms with E-state index in [4.69, 9.17) is 56.4 Å². The molecule has 1 aliphatic heterocycles. The molecule has 320 valence electrons. The minimum Gasteiger partial charge on any atom is -0.495 e. The number of hydrogen-bond acceptors (Lipinski definition) is 12. The van der Waals surface area contributed by atoms with Crippen molar-refractivity contribution >= 4 is 46.9 Å². The van der Waals surface area contributed by atoms with Crippen LogP contribution in [0.15, 0.2) is 54.6 Å². The summed E-state index contributed by atoms with van der Waals surface area (Å²) in [6.07, 6.45) is -2.36. The summed E-state index contributed by atoms with van der Waals surface area (Å²) < 4.78 is 68.0. The van der Waals surface area contributed by atoms with Crippen molar-refractivity contribution in [1.29, 1.82) is 5.26 Å². The lowest BCUT2D eigenvalue weighted by molar-refractivity contribution is -0.116. The number of nitrogens with one attached hydrogen (secondary N) is 2. The highest BCUT2D eigenvalue weighted by Gasteiger charge is 2.59. The van der Waals surface area contributed by atoms with E-state index in [9.17, 15) is 19.6 Å². The predicted molar refractivity (Wildman–Crippen MR) is 215 cm³/mol. The molecule has 5 atom stereocenters. The number of anilines is 1. The van der Waals surface area contributed by atoms with Crippen molar-refractivity contribution in [2.24, 2.45) is 5.41 Å². The minimum absolute atomic E-state index is 0.000289. The van der Waals surface area contributed by atoms with Crippen molar-refractivity contribution in [3.63, 3.8) is 0 Å². The van der Waals surface area contributed by atoms with Crippen LogP contribution in [-0.4, -0.2) is 90.3 Å². The molecular formula is C42H49Cl2F2N3O10. The number of carbonyl (C=O) groups excluding carboxylic acids is 3. The molecule has 2 N–H and O–H groups in total. The second kappa shape index (κ2) is 21.6. The number of esters is 1. The van der Waals surface area contributed by atoms with Gasteiger partial charge in [0.2, 0.25) is 12.2 Å². The highest BCUT2D eigenvalue weighted by Crippen LogP contribution is 2.53. The third-order valence-corrected chi connectivity index (χ3v) is 9.98. The Kier molecular flexibility index (Phi) is 17.3. The van der Waals surface area contributed by atoms with Gasteiger partial charge < -0.3 is 43.8 Å². The van der Waals surface area contributed by atoms with Crippen molar-refractivity contribution in [1.82, 2.24) is 5.32 Å². The maximum atomic E-state index is 16.0. The van der Waals surface area contributed by atoms with Gasteiger partial charge in [-0.05, 0) is 53.8 Å². The number of rotatable bonds is 19. The van der Waals surface area contributed by atoms with E-state index in [-0.39, 0.29) is 57.8 Å². The van der Waals surface area contributed by atoms with Crippen molar-refractivity contribution in [2.75, 3.05) is 59.2 Å². The van der Waals surface area contributed by atoms with Crippen molar-refractivity contribution in [3.05, 3.63) is 93.0 Å². The third-order valence-electron chi connectivity index (χ3n) is 9.46. The molecule has 59 heavy (non-hydrogen) atoms. The molecule has 1 aliphatic rings. The van der Waals surface area contributed by atoms with Crippen LogP contribution in [0.3, 0.4) is 0 Å². The molecule has 1 unspecified atom stereocenters. The average molecular weight is 865 g/mol. The van der Waals surface area contributed by atoms with Crippen LogP contribution in [0.1, 0.15) is 67.9 Å². The van der Waals surface area contributed by atoms with Crippen LogP contribution in [-0.2, 0) is 38.6 Å². The van der Waals surface area contributed by atoms with Gasteiger partial charge >= 0.3 is 12.1 Å². The summed E-state index contributed by atoms with van der Waals surface area (Å²) in [5, 5.41) is 17.2. The molecule has 0 saturated carbocycles. The first-order valence-corrected chi connectivity index (χ1v) is 19.5. The number of nitrogens with zero attached hydrogens (tertiary/aromatic N) is 1. The Labute approximate surface area is 352 Å². The number of hydrogen-bond donors (Lipinski definition) is 2. The first-order chi connectivity index (χ1) is 28.0. The van der Waals surface area contributed by atoms with Gasteiger partial charge in [0.05, 0.1) is 62.5 Å². The van der Waals surface area contributed by atoms with E-state index in [1.54, 1.807) is 7.11 Å². The Morgan fingerprint density at radius 2 is 1.64 bits per heavy atom. The summed E-state index contributed by atoms with van der Waals surface area (Å²) in [4.78, 5) is 38.9. The molecule has 0 aliphatic carbocycles. The molecule has 0 spiro atoms. The standard InChI is InChI=1S/C42H49Cl2F2N3O10/c1-25(59-40(52)57-19-18-56-17-16-55-15-14-53-5)58-39(51)26-10-13-32(34(20-26)54-6)49-36(50)22-33-37(28-8-7-9-30(44)38(28)46)42(24-47,35(48-33)23-41(2,3)4)29-12-11-27(43)21-31(29)45/h7-13,20-21,25,33,35,37,48H,14-19,22-23H2,1-6H3,(H,49,50)/t25?,33-,35-,37-,42-/m0/s1. The van der Waals surface area contributed by atoms with Crippen LogP contribution in [0.25, 0.3) is 0 Å². The first kappa shape index (κ1) is 47.1. The highest BCUT2D eigenvalue weighted by atomic mass is 35.5. The summed E-state index contributed by atoms with van der Waals surface area (Å²) in [6, 6.07) is 13.2. The number of benzene rings is 3. The number of ether oxygens (including phenoxy) is 7. The number of methoxy groups -OCH3 is 2.